The number of allylic oxidation sites excluding steroid dienone is 2. The molecule has 1 aromatic heterocycles. The van der Waals surface area contributed by atoms with Crippen molar-refractivity contribution in [1.82, 2.24) is 9.99 Å². The number of alkyl halides is 3. The first-order chi connectivity index (χ1) is 26.2. The van der Waals surface area contributed by atoms with Crippen LogP contribution in [0.3, 0.4) is 0 Å². The number of ether oxygens (including phenoxy) is 1. The Morgan fingerprint density at radius 3 is 2.29 bits per heavy atom. The molecule has 16 heteroatoms. The van der Waals surface area contributed by atoms with Crippen LogP contribution in [0, 0.1) is 23.7 Å². The maximum Gasteiger partial charge on any atom is 0.417 e. The van der Waals surface area contributed by atoms with Gasteiger partial charge in [0.1, 0.15) is 0 Å². The average molecular weight is 856 g/mol. The van der Waals surface area contributed by atoms with E-state index in [2.05, 4.69) is 26.3 Å². The number of methoxy groups -OCH3 is 1. The predicted octanol–water partition coefficient (Wildman–Crippen LogP) is 8.07. The molecule has 0 spiro atoms. The number of phenolic OH excluding ortho intramolecular Hbond substituents is 1. The predicted molar refractivity (Wildman–Crippen MR) is 198 cm³/mol. The van der Waals surface area contributed by atoms with Crippen molar-refractivity contribution in [2.75, 3.05) is 17.4 Å². The van der Waals surface area contributed by atoms with E-state index in [1.165, 1.54) is 24.1 Å². The van der Waals surface area contributed by atoms with E-state index in [0.29, 0.717) is 44.7 Å². The number of aromatic hydroxyl groups is 1. The van der Waals surface area contributed by atoms with Gasteiger partial charge in [-0.2, -0.15) is 18.2 Å². The third-order valence-electron chi connectivity index (χ3n) is 11.2. The number of nitrogens with one attached hydrogen (secondary N) is 1. The van der Waals surface area contributed by atoms with Crippen LogP contribution < -0.4 is 15.1 Å². The lowest BCUT2D eigenvalue weighted by atomic mass is 9.49. The molecule has 3 aromatic carbocycles. The molecule has 6 unspecified atom stereocenters. The number of carbonyl (C=O) groups is 4. The molecule has 2 N–H and O–H groups in total. The fourth-order valence-electron chi connectivity index (χ4n) is 8.89. The number of rotatable bonds is 6. The second-order valence-electron chi connectivity index (χ2n) is 13.8. The van der Waals surface area contributed by atoms with Crippen molar-refractivity contribution in [2.45, 2.75) is 30.4 Å². The van der Waals surface area contributed by atoms with Gasteiger partial charge in [0.25, 0.3) is 11.8 Å². The number of aromatic nitrogens is 1. The SMILES string of the molecule is COc1ccc(C2C3=CCC4C(=O)N(c5ccc(Br)cc5)C(=O)C4C3CC3C(=O)N(Nc4ncc(C(F)(F)F)cc4Cl)C(=O)C32c2ccc(Cl)cc2)cc1O. The summed E-state index contributed by atoms with van der Waals surface area (Å²) in [6.07, 6.45) is -2.28. The largest absolute Gasteiger partial charge is 0.504 e. The molecule has 6 atom stereocenters. The van der Waals surface area contributed by atoms with E-state index >= 15 is 4.79 Å². The zero-order valence-electron chi connectivity index (χ0n) is 28.5. The van der Waals surface area contributed by atoms with Crippen LogP contribution in [-0.4, -0.2) is 45.8 Å². The van der Waals surface area contributed by atoms with Crippen molar-refractivity contribution >= 4 is 74.3 Å². The van der Waals surface area contributed by atoms with Crippen LogP contribution in [0.15, 0.2) is 95.1 Å². The summed E-state index contributed by atoms with van der Waals surface area (Å²) in [6, 6.07) is 18.4. The molecule has 3 fully saturated rings. The van der Waals surface area contributed by atoms with Gasteiger partial charge in [-0.15, -0.1) is 0 Å². The molecule has 2 aliphatic carbocycles. The number of hydrogen-bond acceptors (Lipinski definition) is 8. The second kappa shape index (κ2) is 13.4. The van der Waals surface area contributed by atoms with Crippen molar-refractivity contribution in [3.63, 3.8) is 0 Å². The Labute approximate surface area is 330 Å². The summed E-state index contributed by atoms with van der Waals surface area (Å²) in [5.74, 6) is -7.46. The number of amides is 4. The first-order valence-electron chi connectivity index (χ1n) is 17.0. The molecule has 55 heavy (non-hydrogen) atoms. The molecule has 4 aromatic rings. The van der Waals surface area contributed by atoms with E-state index in [1.807, 2.05) is 6.08 Å². The molecule has 4 aliphatic rings. The summed E-state index contributed by atoms with van der Waals surface area (Å²) in [4.78, 5) is 63.5. The van der Waals surface area contributed by atoms with E-state index < -0.39 is 69.5 Å². The van der Waals surface area contributed by atoms with Gasteiger partial charge in [-0.1, -0.05) is 69.0 Å². The van der Waals surface area contributed by atoms with Crippen molar-refractivity contribution in [3.05, 3.63) is 122 Å². The fraction of sp³-hybridized carbons (Fsp3) is 0.256. The number of carbonyl (C=O) groups excluding carboxylic acids is 4. The van der Waals surface area contributed by atoms with E-state index in [4.69, 9.17) is 27.9 Å². The van der Waals surface area contributed by atoms with Crippen LogP contribution in [0.25, 0.3) is 0 Å². The minimum atomic E-state index is -4.76. The van der Waals surface area contributed by atoms with E-state index in [-0.39, 0.29) is 36.1 Å². The average Bonchev–Trinajstić information content (AvgIpc) is 3.53. The smallest absolute Gasteiger partial charge is 0.417 e. The maximum atomic E-state index is 15.3. The van der Waals surface area contributed by atoms with E-state index in [1.54, 1.807) is 54.6 Å². The standard InChI is InChI=1S/C39H28BrCl2F3N4O6/c1-55-30-13-2-18(14-29(30)50)32-24-11-12-25-31(36(53)48(34(25)51)23-9-5-21(40)6-10-23)26(24)16-27-35(52)49(37(54)38(27,32)19-3-7-22(41)8-4-19)47-33-28(42)15-20(17-46-33)39(43,44)45/h2-11,13-15,17,25-27,31-32,50H,12,16H2,1H3,(H,46,47). The van der Waals surface area contributed by atoms with Crippen molar-refractivity contribution in [3.8, 4) is 11.5 Å². The van der Waals surface area contributed by atoms with Gasteiger partial charge in [0.15, 0.2) is 17.3 Å². The number of phenols is 1. The Hall–Kier alpha value is -4.92. The lowest BCUT2D eigenvalue weighted by Gasteiger charge is -2.50. The number of hydrogen-bond donors (Lipinski definition) is 2. The highest BCUT2D eigenvalue weighted by Gasteiger charge is 2.70. The first kappa shape index (κ1) is 37.0. The highest BCUT2D eigenvalue weighted by atomic mass is 79.9. The van der Waals surface area contributed by atoms with Gasteiger partial charge in [-0.3, -0.25) is 29.5 Å². The van der Waals surface area contributed by atoms with Crippen LogP contribution >= 0.6 is 39.1 Å². The first-order valence-corrected chi connectivity index (χ1v) is 18.6. The monoisotopic (exact) mass is 854 g/mol. The third kappa shape index (κ3) is 5.71. The molecule has 2 saturated heterocycles. The van der Waals surface area contributed by atoms with Gasteiger partial charge in [0.05, 0.1) is 46.6 Å². The zero-order chi connectivity index (χ0) is 39.1. The summed E-state index contributed by atoms with van der Waals surface area (Å²) in [6.45, 7) is 0. The molecule has 282 valence electrons. The van der Waals surface area contributed by atoms with Gasteiger partial charge in [0.2, 0.25) is 11.8 Å². The summed E-state index contributed by atoms with van der Waals surface area (Å²) in [5, 5.41) is 11.6. The number of pyridine rings is 1. The van der Waals surface area contributed by atoms with Crippen LogP contribution in [-0.2, 0) is 30.8 Å². The lowest BCUT2D eigenvalue weighted by Crippen LogP contribution is -2.53. The number of imide groups is 2. The Balaban J connectivity index is 1.31. The number of halogens is 6. The molecule has 10 nitrogen and oxygen atoms in total. The number of anilines is 2. The molecule has 8 rings (SSSR count). The number of benzene rings is 3. The van der Waals surface area contributed by atoms with Gasteiger partial charge >= 0.3 is 6.18 Å². The van der Waals surface area contributed by atoms with Gasteiger partial charge in [0, 0.05) is 21.6 Å². The Morgan fingerprint density at radius 2 is 1.65 bits per heavy atom. The topological polar surface area (TPSA) is 129 Å². The van der Waals surface area contributed by atoms with Gasteiger partial charge in [-0.05, 0) is 84.5 Å². The van der Waals surface area contributed by atoms with Gasteiger partial charge in [-0.25, -0.2) is 4.98 Å². The maximum absolute atomic E-state index is 15.3. The summed E-state index contributed by atoms with van der Waals surface area (Å²) >= 11 is 16.0. The van der Waals surface area contributed by atoms with Crippen molar-refractivity contribution in [1.29, 1.82) is 0 Å². The molecule has 1 saturated carbocycles. The van der Waals surface area contributed by atoms with Crippen LogP contribution in [0.2, 0.25) is 10.0 Å². The Bertz CT molecular complexity index is 2330. The molecule has 0 radical (unpaired) electrons. The molecule has 0 bridgehead atoms. The highest BCUT2D eigenvalue weighted by molar-refractivity contribution is 9.10. The Morgan fingerprint density at radius 1 is 0.945 bits per heavy atom. The third-order valence-corrected chi connectivity index (χ3v) is 12.2. The number of fused-ring (bicyclic) bond motifs is 4. The van der Waals surface area contributed by atoms with Crippen LogP contribution in [0.1, 0.15) is 35.4 Å². The molecular formula is C39H28BrCl2F3N4O6. The van der Waals surface area contributed by atoms with Crippen molar-refractivity contribution < 1.29 is 42.2 Å². The van der Waals surface area contributed by atoms with Crippen LogP contribution in [0.4, 0.5) is 24.7 Å². The normalized spacial score (nSPS) is 26.1. The minimum Gasteiger partial charge on any atom is -0.504 e. The van der Waals surface area contributed by atoms with E-state index in [9.17, 15) is 32.7 Å². The Kier molecular flexibility index (Phi) is 9.01. The molecule has 3 heterocycles. The van der Waals surface area contributed by atoms with E-state index in [0.717, 1.165) is 4.47 Å². The van der Waals surface area contributed by atoms with Crippen molar-refractivity contribution in [2.24, 2.45) is 23.7 Å². The fourth-order valence-corrected chi connectivity index (χ4v) is 9.49. The number of nitrogens with zero attached hydrogens (tertiary/aromatic N) is 3. The molecule has 4 amide bonds. The van der Waals surface area contributed by atoms with Gasteiger partial charge < -0.3 is 9.84 Å². The quantitative estimate of drug-likeness (QED) is 0.147. The zero-order valence-corrected chi connectivity index (χ0v) is 31.6. The summed E-state index contributed by atoms with van der Waals surface area (Å²) in [7, 11) is 1.38. The molecule has 2 aliphatic heterocycles. The highest BCUT2D eigenvalue weighted by Crippen LogP contribution is 2.64. The lowest BCUT2D eigenvalue weighted by molar-refractivity contribution is -0.139. The summed E-state index contributed by atoms with van der Waals surface area (Å²) < 4.78 is 46.5. The summed E-state index contributed by atoms with van der Waals surface area (Å²) in [5.41, 5.74) is 1.50. The number of hydrazine groups is 1. The molecular weight excluding hydrogens is 828 g/mol. The second-order valence-corrected chi connectivity index (χ2v) is 15.6. The minimum absolute atomic E-state index is 0.0572. The van der Waals surface area contributed by atoms with Crippen LogP contribution in [0.5, 0.6) is 11.5 Å².